The van der Waals surface area contributed by atoms with E-state index >= 15 is 0 Å². The molecule has 0 bridgehead atoms. The van der Waals surface area contributed by atoms with E-state index in [-0.39, 0.29) is 5.91 Å². The zero-order valence-electron chi connectivity index (χ0n) is 18.3. The van der Waals surface area contributed by atoms with Gasteiger partial charge in [0.05, 0.1) is 6.61 Å². The van der Waals surface area contributed by atoms with Gasteiger partial charge < -0.3 is 14.8 Å². The Morgan fingerprint density at radius 1 is 0.833 bits per heavy atom. The fourth-order valence-corrected chi connectivity index (χ4v) is 3.57. The van der Waals surface area contributed by atoms with Gasteiger partial charge in [0, 0.05) is 16.8 Å². The second kappa shape index (κ2) is 9.49. The Hall–Kier alpha value is -3.27. The highest BCUT2D eigenvalue weighted by atomic mass is 16.5. The van der Waals surface area contributed by atoms with E-state index in [2.05, 4.69) is 24.4 Å². The molecule has 3 aromatic rings. The highest BCUT2D eigenvalue weighted by Gasteiger charge is 2.14. The molecule has 0 heterocycles. The molecule has 0 aromatic heterocycles. The molecule has 0 saturated carbocycles. The van der Waals surface area contributed by atoms with Crippen LogP contribution in [0.5, 0.6) is 11.5 Å². The SMILES string of the molecule is CCOc1ccc(C(=O)Nc2c(C)cc(C)cc2C)cc1COc1ccccc1C. The van der Waals surface area contributed by atoms with Crippen molar-refractivity contribution < 1.29 is 14.3 Å². The average Bonchev–Trinajstić information content (AvgIpc) is 2.71. The third kappa shape index (κ3) is 5.01. The maximum atomic E-state index is 13.0. The number of carbonyl (C=O) groups is 1. The van der Waals surface area contributed by atoms with E-state index in [1.165, 1.54) is 5.56 Å². The van der Waals surface area contributed by atoms with Crippen LogP contribution in [0.3, 0.4) is 0 Å². The minimum atomic E-state index is -0.148. The van der Waals surface area contributed by atoms with Gasteiger partial charge in [-0.1, -0.05) is 35.9 Å². The molecule has 0 aliphatic rings. The average molecular weight is 404 g/mol. The van der Waals surface area contributed by atoms with Gasteiger partial charge in [-0.25, -0.2) is 0 Å². The molecule has 4 heteroatoms. The molecule has 0 aliphatic heterocycles. The van der Waals surface area contributed by atoms with Crippen LogP contribution in [0.2, 0.25) is 0 Å². The second-order valence-electron chi connectivity index (χ2n) is 7.54. The molecule has 3 aromatic carbocycles. The highest BCUT2D eigenvalue weighted by molar-refractivity contribution is 6.05. The van der Waals surface area contributed by atoms with E-state index in [0.717, 1.165) is 39.4 Å². The fraction of sp³-hybridized carbons (Fsp3) is 0.269. The number of para-hydroxylation sites is 1. The number of ether oxygens (including phenoxy) is 2. The molecule has 1 amide bonds. The van der Waals surface area contributed by atoms with E-state index < -0.39 is 0 Å². The van der Waals surface area contributed by atoms with Crippen LogP contribution in [-0.2, 0) is 6.61 Å². The van der Waals surface area contributed by atoms with Gasteiger partial charge in [-0.2, -0.15) is 0 Å². The van der Waals surface area contributed by atoms with Crippen molar-refractivity contribution in [3.05, 3.63) is 88.0 Å². The molecule has 0 aliphatic carbocycles. The molecule has 0 atom stereocenters. The minimum Gasteiger partial charge on any atom is -0.493 e. The van der Waals surface area contributed by atoms with E-state index in [4.69, 9.17) is 9.47 Å². The van der Waals surface area contributed by atoms with Crippen molar-refractivity contribution >= 4 is 11.6 Å². The van der Waals surface area contributed by atoms with Crippen LogP contribution in [0.25, 0.3) is 0 Å². The number of rotatable bonds is 7. The van der Waals surface area contributed by atoms with E-state index in [9.17, 15) is 4.79 Å². The number of aryl methyl sites for hydroxylation is 4. The smallest absolute Gasteiger partial charge is 0.255 e. The normalized spacial score (nSPS) is 10.6. The summed E-state index contributed by atoms with van der Waals surface area (Å²) in [7, 11) is 0. The molecule has 0 unspecified atom stereocenters. The lowest BCUT2D eigenvalue weighted by molar-refractivity contribution is 0.102. The van der Waals surface area contributed by atoms with Crippen molar-refractivity contribution in [2.75, 3.05) is 11.9 Å². The summed E-state index contributed by atoms with van der Waals surface area (Å²) < 4.78 is 11.8. The van der Waals surface area contributed by atoms with Crippen LogP contribution in [-0.4, -0.2) is 12.5 Å². The van der Waals surface area contributed by atoms with Crippen molar-refractivity contribution in [3.63, 3.8) is 0 Å². The van der Waals surface area contributed by atoms with Gasteiger partial charge in [-0.15, -0.1) is 0 Å². The van der Waals surface area contributed by atoms with Gasteiger partial charge in [0.25, 0.3) is 5.91 Å². The summed E-state index contributed by atoms with van der Waals surface area (Å²) in [6.07, 6.45) is 0. The lowest BCUT2D eigenvalue weighted by atomic mass is 10.0. The van der Waals surface area contributed by atoms with Crippen molar-refractivity contribution in [2.45, 2.75) is 41.2 Å². The Labute approximate surface area is 178 Å². The first kappa shape index (κ1) is 21.4. The van der Waals surface area contributed by atoms with Gasteiger partial charge >= 0.3 is 0 Å². The van der Waals surface area contributed by atoms with Crippen LogP contribution in [0, 0.1) is 27.7 Å². The Morgan fingerprint density at radius 2 is 1.53 bits per heavy atom. The molecular weight excluding hydrogens is 374 g/mol. The van der Waals surface area contributed by atoms with Crippen molar-refractivity contribution in [3.8, 4) is 11.5 Å². The summed E-state index contributed by atoms with van der Waals surface area (Å²) in [6.45, 7) is 10.9. The zero-order chi connectivity index (χ0) is 21.7. The summed E-state index contributed by atoms with van der Waals surface area (Å²) in [6, 6.07) is 17.5. The van der Waals surface area contributed by atoms with Crippen LogP contribution >= 0.6 is 0 Å². The first-order valence-electron chi connectivity index (χ1n) is 10.2. The maximum absolute atomic E-state index is 13.0. The van der Waals surface area contributed by atoms with Gasteiger partial charge in [0.1, 0.15) is 18.1 Å². The van der Waals surface area contributed by atoms with Crippen molar-refractivity contribution in [2.24, 2.45) is 0 Å². The topological polar surface area (TPSA) is 47.6 Å². The van der Waals surface area contributed by atoms with Crippen LogP contribution in [0.1, 0.15) is 45.1 Å². The maximum Gasteiger partial charge on any atom is 0.255 e. The number of carbonyl (C=O) groups excluding carboxylic acids is 1. The molecule has 4 nitrogen and oxygen atoms in total. The van der Waals surface area contributed by atoms with E-state index in [1.54, 1.807) is 6.07 Å². The van der Waals surface area contributed by atoms with Crippen LogP contribution < -0.4 is 14.8 Å². The van der Waals surface area contributed by atoms with Gasteiger partial charge in [0.2, 0.25) is 0 Å². The second-order valence-corrected chi connectivity index (χ2v) is 7.54. The first-order valence-corrected chi connectivity index (χ1v) is 10.2. The van der Waals surface area contributed by atoms with Crippen LogP contribution in [0.15, 0.2) is 54.6 Å². The highest BCUT2D eigenvalue weighted by Crippen LogP contribution is 2.26. The molecule has 156 valence electrons. The molecule has 0 radical (unpaired) electrons. The Kier molecular flexibility index (Phi) is 6.78. The van der Waals surface area contributed by atoms with Crippen molar-refractivity contribution in [1.29, 1.82) is 0 Å². The number of anilines is 1. The van der Waals surface area contributed by atoms with Gasteiger partial charge in [-0.05, 0) is 75.6 Å². The summed E-state index contributed by atoms with van der Waals surface area (Å²) in [5.74, 6) is 1.40. The zero-order valence-corrected chi connectivity index (χ0v) is 18.3. The number of nitrogens with one attached hydrogen (secondary N) is 1. The standard InChI is InChI=1S/C26H29NO3/c1-6-29-24-12-11-21(15-22(24)16-30-23-10-8-7-9-18(23)3)26(28)27-25-19(4)13-17(2)14-20(25)5/h7-15H,6,16H2,1-5H3,(H,27,28). The number of hydrogen-bond donors (Lipinski definition) is 1. The number of amides is 1. The number of benzene rings is 3. The summed E-state index contributed by atoms with van der Waals surface area (Å²) in [5.41, 5.74) is 6.61. The Morgan fingerprint density at radius 3 is 2.20 bits per heavy atom. The van der Waals surface area contributed by atoms with Gasteiger partial charge in [0.15, 0.2) is 0 Å². The minimum absolute atomic E-state index is 0.148. The molecule has 30 heavy (non-hydrogen) atoms. The lowest BCUT2D eigenvalue weighted by Gasteiger charge is -2.16. The quantitative estimate of drug-likeness (QED) is 0.515. The Bertz CT molecular complexity index is 1030. The molecule has 3 rings (SSSR count). The fourth-order valence-electron chi connectivity index (χ4n) is 3.57. The third-order valence-electron chi connectivity index (χ3n) is 5.01. The largest absolute Gasteiger partial charge is 0.493 e. The predicted octanol–water partition coefficient (Wildman–Crippen LogP) is 6.15. The van der Waals surface area contributed by atoms with Gasteiger partial charge in [-0.3, -0.25) is 4.79 Å². The van der Waals surface area contributed by atoms with Crippen molar-refractivity contribution in [1.82, 2.24) is 0 Å². The molecule has 1 N–H and O–H groups in total. The lowest BCUT2D eigenvalue weighted by Crippen LogP contribution is -2.15. The Balaban J connectivity index is 1.84. The number of hydrogen-bond acceptors (Lipinski definition) is 3. The third-order valence-corrected chi connectivity index (χ3v) is 5.01. The summed E-state index contributed by atoms with van der Waals surface area (Å²) in [5, 5.41) is 3.06. The summed E-state index contributed by atoms with van der Waals surface area (Å²) in [4.78, 5) is 13.0. The summed E-state index contributed by atoms with van der Waals surface area (Å²) >= 11 is 0. The predicted molar refractivity (Wildman–Crippen MR) is 122 cm³/mol. The molecule has 0 fully saturated rings. The van der Waals surface area contributed by atoms with E-state index in [0.29, 0.717) is 18.8 Å². The monoisotopic (exact) mass is 403 g/mol. The molecule has 0 spiro atoms. The van der Waals surface area contributed by atoms with Crippen LogP contribution in [0.4, 0.5) is 5.69 Å². The molecule has 0 saturated heterocycles. The molecular formula is C26H29NO3. The first-order chi connectivity index (χ1) is 14.4. The van der Waals surface area contributed by atoms with E-state index in [1.807, 2.05) is 64.1 Å².